The van der Waals surface area contributed by atoms with Crippen LogP contribution in [0.4, 0.5) is 0 Å². The van der Waals surface area contributed by atoms with Crippen LogP contribution in [-0.2, 0) is 9.59 Å². The van der Waals surface area contributed by atoms with Crippen LogP contribution in [0.3, 0.4) is 0 Å². The van der Waals surface area contributed by atoms with E-state index >= 15 is 0 Å². The van der Waals surface area contributed by atoms with Gasteiger partial charge in [0.1, 0.15) is 6.04 Å². The topological polar surface area (TPSA) is 69.6 Å². The SMILES string of the molecule is CCC1(C(=O)N2CC3CCCC3C2C(=O)O)CCCNC1. The highest BCUT2D eigenvalue weighted by molar-refractivity contribution is 5.88. The minimum absolute atomic E-state index is 0.0824. The van der Waals surface area contributed by atoms with E-state index in [9.17, 15) is 14.7 Å². The molecule has 3 rings (SSSR count). The lowest BCUT2D eigenvalue weighted by molar-refractivity contribution is -0.155. The molecule has 4 atom stereocenters. The summed E-state index contributed by atoms with van der Waals surface area (Å²) in [6.07, 6.45) is 5.82. The van der Waals surface area contributed by atoms with Crippen LogP contribution in [0.1, 0.15) is 45.4 Å². The van der Waals surface area contributed by atoms with Gasteiger partial charge in [0, 0.05) is 13.1 Å². The van der Waals surface area contributed by atoms with Gasteiger partial charge in [0.05, 0.1) is 5.41 Å². The van der Waals surface area contributed by atoms with Crippen molar-refractivity contribution in [3.63, 3.8) is 0 Å². The summed E-state index contributed by atoms with van der Waals surface area (Å²) in [5, 5.41) is 13.0. The summed E-state index contributed by atoms with van der Waals surface area (Å²) in [5.41, 5.74) is -0.384. The first-order valence-corrected chi connectivity index (χ1v) is 8.33. The third-order valence-electron chi connectivity index (χ3n) is 6.01. The van der Waals surface area contributed by atoms with Crippen LogP contribution in [0.15, 0.2) is 0 Å². The lowest BCUT2D eigenvalue weighted by Gasteiger charge is -2.40. The van der Waals surface area contributed by atoms with E-state index in [2.05, 4.69) is 12.2 Å². The molecule has 0 aromatic carbocycles. The van der Waals surface area contributed by atoms with Gasteiger partial charge in [0.15, 0.2) is 0 Å². The number of carboxylic acid groups (broad SMARTS) is 1. The number of nitrogens with zero attached hydrogens (tertiary/aromatic N) is 1. The average molecular weight is 294 g/mol. The van der Waals surface area contributed by atoms with Gasteiger partial charge in [-0.3, -0.25) is 4.79 Å². The molecule has 0 aromatic rings. The van der Waals surface area contributed by atoms with Crippen LogP contribution in [0.25, 0.3) is 0 Å². The van der Waals surface area contributed by atoms with Crippen molar-refractivity contribution in [2.45, 2.75) is 51.5 Å². The summed E-state index contributed by atoms with van der Waals surface area (Å²) in [5.74, 6) is -0.149. The first-order chi connectivity index (χ1) is 10.1. The molecule has 0 radical (unpaired) electrons. The summed E-state index contributed by atoms with van der Waals surface area (Å²) in [6.45, 7) is 4.36. The minimum atomic E-state index is -0.812. The second kappa shape index (κ2) is 5.59. The monoisotopic (exact) mass is 294 g/mol. The maximum atomic E-state index is 13.1. The van der Waals surface area contributed by atoms with Crippen LogP contribution in [-0.4, -0.2) is 47.6 Å². The number of hydrogen-bond acceptors (Lipinski definition) is 3. The molecule has 2 aliphatic heterocycles. The highest BCUT2D eigenvalue weighted by Gasteiger charge is 2.53. The Morgan fingerprint density at radius 2 is 2.14 bits per heavy atom. The summed E-state index contributed by atoms with van der Waals surface area (Å²) >= 11 is 0. The molecule has 2 N–H and O–H groups in total. The van der Waals surface area contributed by atoms with Gasteiger partial charge in [-0.25, -0.2) is 4.79 Å². The molecule has 0 bridgehead atoms. The smallest absolute Gasteiger partial charge is 0.326 e. The molecule has 118 valence electrons. The Morgan fingerprint density at radius 1 is 1.33 bits per heavy atom. The maximum absolute atomic E-state index is 13.1. The van der Waals surface area contributed by atoms with E-state index in [4.69, 9.17) is 0 Å². The number of rotatable bonds is 3. The zero-order valence-electron chi connectivity index (χ0n) is 12.8. The molecular formula is C16H26N2O3. The van der Waals surface area contributed by atoms with Crippen LogP contribution in [0.5, 0.6) is 0 Å². The first kappa shape index (κ1) is 14.8. The Balaban J connectivity index is 1.84. The number of piperidine rings is 1. The number of carbonyl (C=O) groups is 2. The normalized spacial score (nSPS) is 39.3. The van der Waals surface area contributed by atoms with Gasteiger partial charge < -0.3 is 15.3 Å². The van der Waals surface area contributed by atoms with E-state index < -0.39 is 12.0 Å². The van der Waals surface area contributed by atoms with Crippen molar-refractivity contribution in [2.24, 2.45) is 17.3 Å². The summed E-state index contributed by atoms with van der Waals surface area (Å²) in [7, 11) is 0. The van der Waals surface area contributed by atoms with Crippen molar-refractivity contribution in [1.29, 1.82) is 0 Å². The fourth-order valence-electron chi connectivity index (χ4n) is 4.74. The van der Waals surface area contributed by atoms with Gasteiger partial charge in [0.25, 0.3) is 0 Å². The molecule has 1 aliphatic carbocycles. The Bertz CT molecular complexity index is 431. The third-order valence-corrected chi connectivity index (χ3v) is 6.01. The molecule has 0 spiro atoms. The molecule has 5 heteroatoms. The molecule has 4 unspecified atom stereocenters. The van der Waals surface area contributed by atoms with Gasteiger partial charge in [-0.2, -0.15) is 0 Å². The molecule has 1 amide bonds. The second-order valence-corrected chi connectivity index (χ2v) is 7.01. The van der Waals surface area contributed by atoms with Crippen LogP contribution < -0.4 is 5.32 Å². The Morgan fingerprint density at radius 3 is 2.76 bits per heavy atom. The van der Waals surface area contributed by atoms with Crippen LogP contribution >= 0.6 is 0 Å². The lowest BCUT2D eigenvalue weighted by Crippen LogP contribution is -2.54. The minimum Gasteiger partial charge on any atom is -0.480 e. The van der Waals surface area contributed by atoms with E-state index in [1.807, 2.05) is 0 Å². The Labute approximate surface area is 126 Å². The van der Waals surface area contributed by atoms with Gasteiger partial charge in [0.2, 0.25) is 5.91 Å². The summed E-state index contributed by atoms with van der Waals surface area (Å²) in [4.78, 5) is 26.6. The maximum Gasteiger partial charge on any atom is 0.326 e. The average Bonchev–Trinajstić information content (AvgIpc) is 3.06. The highest BCUT2D eigenvalue weighted by atomic mass is 16.4. The van der Waals surface area contributed by atoms with Gasteiger partial charge in [-0.05, 0) is 50.5 Å². The van der Waals surface area contributed by atoms with E-state index in [-0.39, 0.29) is 17.2 Å². The predicted octanol–water partition coefficient (Wildman–Crippen LogP) is 1.48. The standard InChI is InChI=1S/C16H26N2O3/c1-2-16(7-4-8-17-10-16)15(21)18-9-11-5-3-6-12(11)13(18)14(19)20/h11-13,17H,2-10H2,1H3,(H,19,20). The number of carboxylic acids is 1. The number of fused-ring (bicyclic) bond motifs is 1. The van der Waals surface area contributed by atoms with Crippen molar-refractivity contribution in [3.8, 4) is 0 Å². The van der Waals surface area contributed by atoms with E-state index in [0.29, 0.717) is 19.0 Å². The van der Waals surface area contributed by atoms with Crippen LogP contribution in [0, 0.1) is 17.3 Å². The Hall–Kier alpha value is -1.10. The fourth-order valence-corrected chi connectivity index (χ4v) is 4.74. The molecule has 2 heterocycles. The van der Waals surface area contributed by atoms with Crippen molar-refractivity contribution in [2.75, 3.05) is 19.6 Å². The number of likely N-dealkylation sites (tertiary alicyclic amines) is 1. The van der Waals surface area contributed by atoms with E-state index in [1.165, 1.54) is 0 Å². The van der Waals surface area contributed by atoms with Crippen molar-refractivity contribution >= 4 is 11.9 Å². The quantitative estimate of drug-likeness (QED) is 0.827. The van der Waals surface area contributed by atoms with Gasteiger partial charge in [-0.15, -0.1) is 0 Å². The van der Waals surface area contributed by atoms with Crippen molar-refractivity contribution in [3.05, 3.63) is 0 Å². The zero-order valence-corrected chi connectivity index (χ0v) is 12.8. The first-order valence-electron chi connectivity index (χ1n) is 8.33. The summed E-state index contributed by atoms with van der Waals surface area (Å²) in [6, 6.07) is -0.588. The highest BCUT2D eigenvalue weighted by Crippen LogP contribution is 2.44. The van der Waals surface area contributed by atoms with E-state index in [1.54, 1.807) is 4.90 Å². The largest absolute Gasteiger partial charge is 0.480 e. The summed E-state index contributed by atoms with van der Waals surface area (Å²) < 4.78 is 0. The van der Waals surface area contributed by atoms with Gasteiger partial charge in [-0.1, -0.05) is 13.3 Å². The molecule has 3 aliphatic rings. The Kier molecular flexibility index (Phi) is 3.95. The fraction of sp³-hybridized carbons (Fsp3) is 0.875. The number of aliphatic carboxylic acids is 1. The van der Waals surface area contributed by atoms with Crippen molar-refractivity contribution in [1.82, 2.24) is 10.2 Å². The number of nitrogens with one attached hydrogen (secondary N) is 1. The molecule has 2 saturated heterocycles. The van der Waals surface area contributed by atoms with Crippen LogP contribution in [0.2, 0.25) is 0 Å². The zero-order chi connectivity index (χ0) is 15.0. The molecule has 3 fully saturated rings. The molecule has 21 heavy (non-hydrogen) atoms. The molecule has 5 nitrogen and oxygen atoms in total. The molecule has 0 aromatic heterocycles. The van der Waals surface area contributed by atoms with E-state index in [0.717, 1.165) is 45.1 Å². The number of hydrogen-bond donors (Lipinski definition) is 2. The third kappa shape index (κ3) is 2.35. The molecule has 1 saturated carbocycles. The lowest BCUT2D eigenvalue weighted by atomic mass is 9.77. The number of amides is 1. The van der Waals surface area contributed by atoms with Gasteiger partial charge >= 0.3 is 5.97 Å². The van der Waals surface area contributed by atoms with Crippen molar-refractivity contribution < 1.29 is 14.7 Å². The second-order valence-electron chi connectivity index (χ2n) is 7.01. The molecular weight excluding hydrogens is 268 g/mol. The number of carbonyl (C=O) groups excluding carboxylic acids is 1. The predicted molar refractivity (Wildman–Crippen MR) is 78.8 cm³/mol.